The van der Waals surface area contributed by atoms with Gasteiger partial charge in [-0.15, -0.1) is 0 Å². The summed E-state index contributed by atoms with van der Waals surface area (Å²) >= 11 is 0. The maximum Gasteiger partial charge on any atom is 0.273 e. The molecule has 0 radical (unpaired) electrons. The third kappa shape index (κ3) is 4.39. The molecule has 5 rings (SSSR count). The number of nitrogens with one attached hydrogen (secondary N) is 3. The fourth-order valence-electron chi connectivity index (χ4n) is 4.01. The highest BCUT2D eigenvalue weighted by atomic mass is 16.2. The van der Waals surface area contributed by atoms with Crippen molar-refractivity contribution in [2.75, 3.05) is 17.2 Å². The van der Waals surface area contributed by atoms with Crippen LogP contribution in [0.15, 0.2) is 71.9 Å². The molecule has 2 aliphatic heterocycles. The Morgan fingerprint density at radius 1 is 1.11 bits per heavy atom. The molecule has 2 aromatic carbocycles. The van der Waals surface area contributed by atoms with Crippen molar-refractivity contribution in [2.24, 2.45) is 12.0 Å². The van der Waals surface area contributed by atoms with E-state index in [0.717, 1.165) is 5.69 Å². The Morgan fingerprint density at radius 2 is 1.94 bits per heavy atom. The largest absolute Gasteiger partial charge is 0.346 e. The van der Waals surface area contributed by atoms with E-state index < -0.39 is 0 Å². The van der Waals surface area contributed by atoms with Gasteiger partial charge in [0, 0.05) is 41.3 Å². The van der Waals surface area contributed by atoms with E-state index >= 15 is 0 Å². The van der Waals surface area contributed by atoms with Gasteiger partial charge < -0.3 is 16.0 Å². The summed E-state index contributed by atoms with van der Waals surface area (Å²) in [6.45, 7) is 2.43. The fourth-order valence-corrected chi connectivity index (χ4v) is 4.01. The predicted octanol–water partition coefficient (Wildman–Crippen LogP) is 3.06. The highest BCUT2D eigenvalue weighted by Gasteiger charge is 2.25. The van der Waals surface area contributed by atoms with Crippen molar-refractivity contribution in [1.82, 2.24) is 15.1 Å². The minimum atomic E-state index is -0.315. The average Bonchev–Trinajstić information content (AvgIpc) is 3.55. The van der Waals surface area contributed by atoms with Gasteiger partial charge in [0.2, 0.25) is 0 Å². The molecule has 0 atom stereocenters. The van der Waals surface area contributed by atoms with Crippen molar-refractivity contribution in [3.05, 3.63) is 95.0 Å². The highest BCUT2D eigenvalue weighted by Crippen LogP contribution is 2.32. The summed E-state index contributed by atoms with van der Waals surface area (Å²) in [6.07, 6.45) is 5.38. The molecule has 0 bridgehead atoms. The average molecular weight is 467 g/mol. The summed E-state index contributed by atoms with van der Waals surface area (Å²) in [4.78, 5) is 42.5. The van der Waals surface area contributed by atoms with Gasteiger partial charge in [-0.2, -0.15) is 5.10 Å². The molecule has 3 N–H and O–H groups in total. The number of anilines is 2. The quantitative estimate of drug-likeness (QED) is 0.395. The Balaban J connectivity index is 1.35. The SMILES string of the molecule is Cc1cc(C(=O)Nc2cccc(C(=O)c3ccc4c(c3)NC(=O)/C4=C\NC3=NCC=C3)c2)n(C)n1. The lowest BCUT2D eigenvalue weighted by Crippen LogP contribution is -2.16. The summed E-state index contributed by atoms with van der Waals surface area (Å²) in [5, 5.41) is 12.8. The lowest BCUT2D eigenvalue weighted by Gasteiger charge is -2.08. The van der Waals surface area contributed by atoms with Crippen LogP contribution in [0.3, 0.4) is 0 Å². The van der Waals surface area contributed by atoms with Crippen LogP contribution in [-0.2, 0) is 11.8 Å². The third-order valence-electron chi connectivity index (χ3n) is 5.69. The summed E-state index contributed by atoms with van der Waals surface area (Å²) in [5.41, 5.74) is 4.23. The van der Waals surface area contributed by atoms with Crippen LogP contribution in [0.1, 0.15) is 37.7 Å². The van der Waals surface area contributed by atoms with Crippen LogP contribution < -0.4 is 16.0 Å². The second kappa shape index (κ2) is 8.86. The standard InChI is InChI=1S/C26H22N6O3/c1-15-11-22(32(2)31-15)26(35)29-18-6-3-5-16(12-18)24(33)17-8-9-19-20(25(34)30-21(19)13-17)14-28-23-7-4-10-27-23/h3-9,11-14H,10H2,1-2H3,(H,27,28)(H,29,35)(H,30,34)/b20-14-. The van der Waals surface area contributed by atoms with Gasteiger partial charge in [-0.25, -0.2) is 0 Å². The number of nitrogens with zero attached hydrogens (tertiary/aromatic N) is 3. The second-order valence-electron chi connectivity index (χ2n) is 8.20. The summed E-state index contributed by atoms with van der Waals surface area (Å²) < 4.78 is 1.51. The molecule has 0 saturated heterocycles. The molecular formula is C26H22N6O3. The van der Waals surface area contributed by atoms with Crippen LogP contribution in [-0.4, -0.2) is 39.8 Å². The number of aliphatic imine (C=N–C) groups is 1. The third-order valence-corrected chi connectivity index (χ3v) is 5.69. The first-order chi connectivity index (χ1) is 16.9. The molecule has 0 saturated carbocycles. The van der Waals surface area contributed by atoms with Gasteiger partial charge in [-0.05, 0) is 37.3 Å². The first-order valence-corrected chi connectivity index (χ1v) is 11.0. The molecule has 9 heteroatoms. The van der Waals surface area contributed by atoms with Crippen molar-refractivity contribution in [1.29, 1.82) is 0 Å². The fraction of sp³-hybridized carbons (Fsp3) is 0.115. The number of hydrogen-bond acceptors (Lipinski definition) is 6. The van der Waals surface area contributed by atoms with Crippen molar-refractivity contribution in [2.45, 2.75) is 6.92 Å². The van der Waals surface area contributed by atoms with Crippen LogP contribution in [0.4, 0.5) is 11.4 Å². The van der Waals surface area contributed by atoms with E-state index in [1.54, 1.807) is 61.8 Å². The molecule has 0 unspecified atom stereocenters. The first kappa shape index (κ1) is 22.0. The van der Waals surface area contributed by atoms with Crippen molar-refractivity contribution in [3.8, 4) is 0 Å². The summed E-state index contributed by atoms with van der Waals surface area (Å²) in [6, 6.07) is 13.5. The van der Waals surface area contributed by atoms with Gasteiger partial charge in [0.05, 0.1) is 17.8 Å². The molecular weight excluding hydrogens is 444 g/mol. The van der Waals surface area contributed by atoms with Gasteiger partial charge in [-0.3, -0.25) is 24.1 Å². The lowest BCUT2D eigenvalue weighted by molar-refractivity contribution is -0.110. The molecule has 3 heterocycles. The molecule has 2 aliphatic rings. The molecule has 174 valence electrons. The number of amidine groups is 1. The number of amides is 2. The van der Waals surface area contributed by atoms with E-state index in [1.165, 1.54) is 4.68 Å². The van der Waals surface area contributed by atoms with Gasteiger partial charge in [0.25, 0.3) is 11.8 Å². The Hall–Kier alpha value is -4.79. The minimum absolute atomic E-state index is 0.226. The Kier molecular flexibility index (Phi) is 5.58. The zero-order valence-corrected chi connectivity index (χ0v) is 19.1. The Bertz CT molecular complexity index is 1480. The zero-order valence-electron chi connectivity index (χ0n) is 19.1. The number of carbonyl (C=O) groups excluding carboxylic acids is 3. The molecule has 3 aromatic rings. The minimum Gasteiger partial charge on any atom is -0.346 e. The van der Waals surface area contributed by atoms with E-state index in [1.807, 2.05) is 19.1 Å². The molecule has 0 spiro atoms. The zero-order chi connectivity index (χ0) is 24.5. The number of ketones is 1. The van der Waals surface area contributed by atoms with E-state index in [2.05, 4.69) is 26.0 Å². The number of hydrogen-bond donors (Lipinski definition) is 3. The second-order valence-corrected chi connectivity index (χ2v) is 8.20. The first-order valence-electron chi connectivity index (χ1n) is 11.0. The van der Waals surface area contributed by atoms with Crippen LogP contribution in [0.2, 0.25) is 0 Å². The molecule has 0 fully saturated rings. The molecule has 35 heavy (non-hydrogen) atoms. The topological polar surface area (TPSA) is 117 Å². The van der Waals surface area contributed by atoms with E-state index in [4.69, 9.17) is 0 Å². The van der Waals surface area contributed by atoms with E-state index in [-0.39, 0.29) is 17.6 Å². The molecule has 1 aromatic heterocycles. The maximum absolute atomic E-state index is 13.2. The number of aryl methyl sites for hydroxylation is 2. The molecule has 9 nitrogen and oxygen atoms in total. The Morgan fingerprint density at radius 3 is 2.69 bits per heavy atom. The van der Waals surface area contributed by atoms with Crippen LogP contribution in [0.25, 0.3) is 5.57 Å². The monoisotopic (exact) mass is 466 g/mol. The van der Waals surface area contributed by atoms with E-state index in [0.29, 0.717) is 51.7 Å². The van der Waals surface area contributed by atoms with Crippen LogP contribution >= 0.6 is 0 Å². The predicted molar refractivity (Wildman–Crippen MR) is 133 cm³/mol. The number of carbonyl (C=O) groups is 3. The summed E-state index contributed by atoms with van der Waals surface area (Å²) in [7, 11) is 1.70. The number of rotatable bonds is 5. The summed E-state index contributed by atoms with van der Waals surface area (Å²) in [5.74, 6) is -0.105. The van der Waals surface area contributed by atoms with Gasteiger partial charge in [-0.1, -0.05) is 30.3 Å². The van der Waals surface area contributed by atoms with Crippen molar-refractivity contribution < 1.29 is 14.4 Å². The maximum atomic E-state index is 13.2. The Labute approximate surface area is 201 Å². The van der Waals surface area contributed by atoms with Crippen LogP contribution in [0.5, 0.6) is 0 Å². The van der Waals surface area contributed by atoms with Crippen molar-refractivity contribution >= 4 is 40.4 Å². The van der Waals surface area contributed by atoms with Gasteiger partial charge in [0.15, 0.2) is 5.78 Å². The van der Waals surface area contributed by atoms with Gasteiger partial charge >= 0.3 is 0 Å². The highest BCUT2D eigenvalue weighted by molar-refractivity contribution is 6.32. The normalized spacial score (nSPS) is 15.1. The number of benzene rings is 2. The van der Waals surface area contributed by atoms with Gasteiger partial charge in [0.1, 0.15) is 11.5 Å². The van der Waals surface area contributed by atoms with Crippen LogP contribution in [0, 0.1) is 6.92 Å². The lowest BCUT2D eigenvalue weighted by atomic mass is 9.99. The number of fused-ring (bicyclic) bond motifs is 1. The number of aromatic nitrogens is 2. The molecule has 0 aliphatic carbocycles. The smallest absolute Gasteiger partial charge is 0.273 e. The van der Waals surface area contributed by atoms with E-state index in [9.17, 15) is 14.4 Å². The molecule has 2 amide bonds. The van der Waals surface area contributed by atoms with Crippen molar-refractivity contribution in [3.63, 3.8) is 0 Å².